The fraction of sp³-hybridized carbons (Fsp3) is 0.429. The van der Waals surface area contributed by atoms with Crippen LogP contribution in [0.2, 0.25) is 0 Å². The number of rotatable bonds is 15. The Bertz CT molecular complexity index is 917. The summed E-state index contributed by atoms with van der Waals surface area (Å²) in [6.45, 7) is 0. The number of carboxylic acids is 1. The number of hydrogen-bond donors (Lipinski definition) is 1. The normalized spacial score (nSPS) is 12.0. The summed E-state index contributed by atoms with van der Waals surface area (Å²) in [6, 6.07) is 22.2. The second kappa shape index (κ2) is 13.3. The third-order valence-corrected chi connectivity index (χ3v) is 11.7. The average molecular weight is 467 g/mol. The molecule has 1 aromatic heterocycles. The summed E-state index contributed by atoms with van der Waals surface area (Å²) < 4.78 is 1.94. The molecule has 178 valence electrons. The van der Waals surface area contributed by atoms with Gasteiger partial charge < -0.3 is 5.11 Å². The topological polar surface area (TPSA) is 55.1 Å². The first-order valence-electron chi connectivity index (χ1n) is 12.4. The predicted octanol–water partition coefficient (Wildman–Crippen LogP) is 5.43. The number of hydrogen-bond acceptors (Lipinski definition) is 2. The molecule has 0 unspecified atom stereocenters. The van der Waals surface area contributed by atoms with Crippen LogP contribution in [0.3, 0.4) is 0 Å². The summed E-state index contributed by atoms with van der Waals surface area (Å²) in [4.78, 5) is 10.6. The molecule has 1 N–H and O–H groups in total. The first kappa shape index (κ1) is 25.2. The van der Waals surface area contributed by atoms with E-state index < -0.39 is 13.2 Å². The molecule has 2 aromatic carbocycles. The van der Waals surface area contributed by atoms with Gasteiger partial charge in [-0.2, -0.15) is 0 Å². The standard InChI is InChI=1S/C28H39N2O2P/c1-30-24-27(23-29-30)33(25-17-11-9-12-18-25,26-19-13-10-14-20-26)22-16-8-6-4-2-3-5-7-15-21-28(31)32/h9-14,17-20,23-24,33H,2-8,15-16,21-22H2,1H3,(H,31,32). The van der Waals surface area contributed by atoms with E-state index in [2.05, 4.69) is 78.2 Å². The molecule has 0 aliphatic carbocycles. The second-order valence-electron chi connectivity index (χ2n) is 9.12. The van der Waals surface area contributed by atoms with Crippen LogP contribution in [-0.2, 0) is 11.8 Å². The Balaban J connectivity index is 1.60. The number of carbonyl (C=O) groups is 1. The van der Waals surface area contributed by atoms with E-state index in [0.717, 1.165) is 19.3 Å². The Labute approximate surface area is 199 Å². The zero-order valence-electron chi connectivity index (χ0n) is 20.0. The zero-order valence-corrected chi connectivity index (χ0v) is 21.0. The molecule has 3 rings (SSSR count). The summed E-state index contributed by atoms with van der Waals surface area (Å²) in [7, 11) is -0.120. The monoisotopic (exact) mass is 466 g/mol. The molecule has 0 bridgehead atoms. The van der Waals surface area contributed by atoms with Crippen molar-refractivity contribution in [3.8, 4) is 0 Å². The Hall–Kier alpha value is -2.45. The van der Waals surface area contributed by atoms with Gasteiger partial charge in [0.05, 0.1) is 0 Å². The molecular formula is C28H39N2O2P. The molecule has 33 heavy (non-hydrogen) atoms. The van der Waals surface area contributed by atoms with Crippen molar-refractivity contribution < 1.29 is 9.90 Å². The van der Waals surface area contributed by atoms with Gasteiger partial charge in [-0.1, -0.05) is 0 Å². The quantitative estimate of drug-likeness (QED) is 0.240. The third-order valence-electron chi connectivity index (χ3n) is 6.67. The Kier molecular flexibility index (Phi) is 10.2. The minimum absolute atomic E-state index is 0.311. The van der Waals surface area contributed by atoms with Crippen molar-refractivity contribution in [2.75, 3.05) is 6.16 Å². The maximum atomic E-state index is 10.6. The van der Waals surface area contributed by atoms with Crippen molar-refractivity contribution in [1.29, 1.82) is 0 Å². The van der Waals surface area contributed by atoms with E-state index in [9.17, 15) is 4.79 Å². The number of unbranched alkanes of at least 4 members (excludes halogenated alkanes) is 8. The third kappa shape index (κ3) is 7.27. The number of nitrogens with zero attached hydrogens (tertiary/aromatic N) is 2. The Morgan fingerprint density at radius 1 is 0.758 bits per heavy atom. The number of aromatic nitrogens is 2. The maximum absolute atomic E-state index is 10.6. The summed E-state index contributed by atoms with van der Waals surface area (Å²) in [5.41, 5.74) is 0. The number of aryl methyl sites for hydroxylation is 1. The van der Waals surface area contributed by atoms with Crippen LogP contribution in [0.5, 0.6) is 0 Å². The first-order chi connectivity index (χ1) is 16.1. The molecule has 0 aliphatic rings. The van der Waals surface area contributed by atoms with E-state index >= 15 is 0 Å². The van der Waals surface area contributed by atoms with Crippen LogP contribution >= 0.6 is 7.26 Å². The van der Waals surface area contributed by atoms with Gasteiger partial charge in [0.25, 0.3) is 0 Å². The van der Waals surface area contributed by atoms with Gasteiger partial charge in [0.15, 0.2) is 0 Å². The Morgan fingerprint density at radius 2 is 1.24 bits per heavy atom. The molecule has 1 heterocycles. The predicted molar refractivity (Wildman–Crippen MR) is 142 cm³/mol. The Morgan fingerprint density at radius 3 is 1.70 bits per heavy atom. The van der Waals surface area contributed by atoms with Crippen LogP contribution in [0.15, 0.2) is 73.1 Å². The van der Waals surface area contributed by atoms with E-state index in [1.807, 2.05) is 11.7 Å². The molecule has 0 saturated heterocycles. The van der Waals surface area contributed by atoms with Crippen LogP contribution in [0.1, 0.15) is 64.2 Å². The van der Waals surface area contributed by atoms with Gasteiger partial charge in [0, 0.05) is 0 Å². The zero-order chi connectivity index (χ0) is 23.4. The molecule has 0 radical (unpaired) electrons. The van der Waals surface area contributed by atoms with Crippen LogP contribution in [0.25, 0.3) is 0 Å². The fourth-order valence-electron chi connectivity index (χ4n) is 4.92. The van der Waals surface area contributed by atoms with Crippen LogP contribution in [-0.4, -0.2) is 27.0 Å². The number of benzene rings is 2. The van der Waals surface area contributed by atoms with Gasteiger partial charge in [0.2, 0.25) is 0 Å². The van der Waals surface area contributed by atoms with Crippen molar-refractivity contribution >= 4 is 29.1 Å². The summed E-state index contributed by atoms with van der Waals surface area (Å²) in [6.07, 6.45) is 16.4. The molecule has 4 nitrogen and oxygen atoms in total. The molecule has 0 atom stereocenters. The van der Waals surface area contributed by atoms with E-state index in [1.54, 1.807) is 0 Å². The van der Waals surface area contributed by atoms with E-state index in [-0.39, 0.29) is 0 Å². The molecule has 0 aliphatic heterocycles. The molecule has 0 saturated carbocycles. The molecule has 0 spiro atoms. The second-order valence-corrected chi connectivity index (χ2v) is 13.2. The van der Waals surface area contributed by atoms with Gasteiger partial charge in [-0.05, 0) is 0 Å². The molecule has 0 fully saturated rings. The average Bonchev–Trinajstić information content (AvgIpc) is 3.27. The van der Waals surface area contributed by atoms with Gasteiger partial charge >= 0.3 is 189 Å². The van der Waals surface area contributed by atoms with Crippen molar-refractivity contribution in [2.24, 2.45) is 7.05 Å². The summed E-state index contributed by atoms with van der Waals surface area (Å²) in [5.74, 6) is -0.674. The van der Waals surface area contributed by atoms with Gasteiger partial charge in [0.1, 0.15) is 0 Å². The van der Waals surface area contributed by atoms with Crippen LogP contribution in [0, 0.1) is 0 Å². The van der Waals surface area contributed by atoms with E-state index in [1.165, 1.54) is 60.6 Å². The fourth-order valence-corrected chi connectivity index (χ4v) is 9.78. The first-order valence-corrected chi connectivity index (χ1v) is 14.7. The molecular weight excluding hydrogens is 427 g/mol. The van der Waals surface area contributed by atoms with Gasteiger partial charge in [-0.3, -0.25) is 4.79 Å². The molecule has 0 amide bonds. The van der Waals surface area contributed by atoms with Crippen molar-refractivity contribution in [3.05, 3.63) is 73.1 Å². The summed E-state index contributed by atoms with van der Waals surface area (Å²) in [5, 5.41) is 17.6. The summed E-state index contributed by atoms with van der Waals surface area (Å²) >= 11 is 0. The molecule has 5 heteroatoms. The number of aliphatic carboxylic acids is 1. The van der Waals surface area contributed by atoms with Crippen LogP contribution in [0.4, 0.5) is 0 Å². The number of carboxylic acid groups (broad SMARTS) is 1. The van der Waals surface area contributed by atoms with Crippen molar-refractivity contribution in [3.63, 3.8) is 0 Å². The van der Waals surface area contributed by atoms with Gasteiger partial charge in [-0.15, -0.1) is 0 Å². The van der Waals surface area contributed by atoms with E-state index in [0.29, 0.717) is 6.42 Å². The van der Waals surface area contributed by atoms with Gasteiger partial charge in [-0.25, -0.2) is 0 Å². The SMILES string of the molecule is Cn1cc([PH](CCCCCCCCCCCC(=O)O)(c2ccccc2)c2ccccc2)cn1. The van der Waals surface area contributed by atoms with Crippen molar-refractivity contribution in [1.82, 2.24) is 9.78 Å². The van der Waals surface area contributed by atoms with Crippen molar-refractivity contribution in [2.45, 2.75) is 64.2 Å². The van der Waals surface area contributed by atoms with E-state index in [4.69, 9.17) is 5.11 Å². The minimum atomic E-state index is -2.13. The molecule has 3 aromatic rings. The van der Waals surface area contributed by atoms with Crippen LogP contribution < -0.4 is 15.9 Å².